The highest BCUT2D eigenvalue weighted by Gasteiger charge is 2.13. The monoisotopic (exact) mass is 228 g/mol. The van der Waals surface area contributed by atoms with Crippen LogP contribution < -0.4 is 4.65 Å². The number of para-hydroxylation sites is 1. The molecule has 16 heavy (non-hydrogen) atoms. The van der Waals surface area contributed by atoms with Crippen LogP contribution in [0, 0.1) is 5.82 Å². The summed E-state index contributed by atoms with van der Waals surface area (Å²) in [7, 11) is -1.98. The lowest BCUT2D eigenvalue weighted by molar-refractivity contribution is 0.282. The normalized spacial score (nSPS) is 9.06. The fourth-order valence-corrected chi connectivity index (χ4v) is 1.01. The Kier molecular flexibility index (Phi) is 8.57. The number of unbranched alkanes of at least 4 members (excludes halogenated alkanes) is 2. The lowest BCUT2D eigenvalue weighted by Gasteiger charge is -2.03. The summed E-state index contributed by atoms with van der Waals surface area (Å²) >= 11 is 0. The Morgan fingerprint density at radius 3 is 2.12 bits per heavy atom. The van der Waals surface area contributed by atoms with E-state index in [-0.39, 0.29) is 5.75 Å². The highest BCUT2D eigenvalue weighted by Crippen LogP contribution is 2.14. The second kappa shape index (κ2) is 9.18. The first kappa shape index (κ1) is 14.9. The largest absolute Gasteiger partial charge is 0.707 e. The maximum Gasteiger partial charge on any atom is 0.707 e. The molecule has 0 aliphatic carbocycles. The first-order valence-corrected chi connectivity index (χ1v) is 5.39. The predicted molar refractivity (Wildman–Crippen MR) is 62.4 cm³/mol. The molecule has 0 saturated heterocycles. The van der Waals surface area contributed by atoms with Gasteiger partial charge >= 0.3 is 7.32 Å². The molecular formula is C11H18BFO3. The molecule has 0 heterocycles. The van der Waals surface area contributed by atoms with E-state index in [9.17, 15) is 4.39 Å². The molecular weight excluding hydrogens is 210 g/mol. The van der Waals surface area contributed by atoms with Crippen LogP contribution >= 0.6 is 0 Å². The van der Waals surface area contributed by atoms with Crippen LogP contribution in [-0.2, 0) is 0 Å². The Morgan fingerprint density at radius 1 is 1.19 bits per heavy atom. The molecule has 0 spiro atoms. The van der Waals surface area contributed by atoms with Crippen molar-refractivity contribution in [1.82, 2.24) is 0 Å². The van der Waals surface area contributed by atoms with Crippen molar-refractivity contribution in [2.24, 2.45) is 0 Å². The summed E-state index contributed by atoms with van der Waals surface area (Å²) in [5.74, 6) is -0.803. The van der Waals surface area contributed by atoms with E-state index in [1.54, 1.807) is 0 Å². The molecule has 3 nitrogen and oxygen atoms in total. The molecule has 1 aromatic rings. The molecule has 0 unspecified atom stereocenters. The molecule has 1 aromatic carbocycles. The van der Waals surface area contributed by atoms with Crippen molar-refractivity contribution in [3.8, 4) is 5.75 Å². The van der Waals surface area contributed by atoms with E-state index in [4.69, 9.17) is 10.0 Å². The second-order valence-corrected chi connectivity index (χ2v) is 3.23. The summed E-state index contributed by atoms with van der Waals surface area (Å²) in [6.07, 6.45) is 4.08. The first-order valence-electron chi connectivity index (χ1n) is 5.39. The Morgan fingerprint density at radius 2 is 1.75 bits per heavy atom. The average molecular weight is 228 g/mol. The molecule has 1 rings (SSSR count). The molecule has 0 bridgehead atoms. The fraction of sp³-hybridized carbons (Fsp3) is 0.455. The van der Waals surface area contributed by atoms with Gasteiger partial charge in [-0.1, -0.05) is 45.2 Å². The summed E-state index contributed by atoms with van der Waals surface area (Å²) in [5.41, 5.74) is 0. The van der Waals surface area contributed by atoms with E-state index in [0.29, 0.717) is 0 Å². The summed E-state index contributed by atoms with van der Waals surface area (Å²) in [5, 5.41) is 16.6. The van der Waals surface area contributed by atoms with Gasteiger partial charge in [0.05, 0.1) is 0 Å². The smallest absolute Gasteiger partial charge is 0.510 e. The van der Waals surface area contributed by atoms with E-state index in [2.05, 4.69) is 18.5 Å². The van der Waals surface area contributed by atoms with Crippen LogP contribution in [0.15, 0.2) is 24.3 Å². The zero-order valence-corrected chi connectivity index (χ0v) is 9.69. The molecule has 0 saturated carbocycles. The van der Waals surface area contributed by atoms with Gasteiger partial charge in [-0.15, -0.1) is 0 Å². The Bertz CT molecular complexity index is 280. The third-order valence-corrected chi connectivity index (χ3v) is 1.78. The van der Waals surface area contributed by atoms with Gasteiger partial charge in [-0.3, -0.25) is 0 Å². The minimum Gasteiger partial charge on any atom is -0.510 e. The molecule has 0 aromatic heterocycles. The van der Waals surface area contributed by atoms with Gasteiger partial charge in [0.2, 0.25) is 0 Å². The van der Waals surface area contributed by atoms with Crippen LogP contribution in [0.25, 0.3) is 0 Å². The van der Waals surface area contributed by atoms with Gasteiger partial charge in [0, 0.05) is 0 Å². The topological polar surface area (TPSA) is 49.7 Å². The number of hydrogen-bond donors (Lipinski definition) is 2. The second-order valence-electron chi connectivity index (χ2n) is 3.23. The van der Waals surface area contributed by atoms with Gasteiger partial charge in [0.25, 0.3) is 0 Å². The van der Waals surface area contributed by atoms with Crippen molar-refractivity contribution in [2.75, 3.05) is 0 Å². The zero-order chi connectivity index (χ0) is 12.4. The van der Waals surface area contributed by atoms with Gasteiger partial charge in [-0.25, -0.2) is 4.39 Å². The fourth-order valence-electron chi connectivity index (χ4n) is 1.01. The van der Waals surface area contributed by atoms with Crippen molar-refractivity contribution < 1.29 is 19.1 Å². The Balaban J connectivity index is 0.000000385. The van der Waals surface area contributed by atoms with Crippen molar-refractivity contribution >= 4 is 7.32 Å². The maximum atomic E-state index is 12.6. The molecule has 0 amide bonds. The van der Waals surface area contributed by atoms with Crippen LogP contribution in [-0.4, -0.2) is 17.4 Å². The van der Waals surface area contributed by atoms with E-state index in [0.717, 1.165) is 6.07 Å². The van der Waals surface area contributed by atoms with Crippen LogP contribution in [0.1, 0.15) is 33.1 Å². The lowest BCUT2D eigenvalue weighted by Crippen LogP contribution is -2.21. The quantitative estimate of drug-likeness (QED) is 0.777. The number of hydrogen-bond acceptors (Lipinski definition) is 3. The number of rotatable bonds is 4. The van der Waals surface area contributed by atoms with Gasteiger partial charge < -0.3 is 14.7 Å². The van der Waals surface area contributed by atoms with E-state index < -0.39 is 13.1 Å². The van der Waals surface area contributed by atoms with Crippen molar-refractivity contribution in [2.45, 2.75) is 33.1 Å². The summed E-state index contributed by atoms with van der Waals surface area (Å²) in [4.78, 5) is 0. The van der Waals surface area contributed by atoms with Crippen LogP contribution in [0.3, 0.4) is 0 Å². The Hall–Kier alpha value is -1.07. The summed E-state index contributed by atoms with van der Waals surface area (Å²) < 4.78 is 16.9. The lowest BCUT2D eigenvalue weighted by atomic mass is 10.2. The van der Waals surface area contributed by atoms with Crippen molar-refractivity contribution in [3.63, 3.8) is 0 Å². The third kappa shape index (κ3) is 7.26. The minimum atomic E-state index is -1.98. The highest BCUT2D eigenvalue weighted by molar-refractivity contribution is 6.33. The highest BCUT2D eigenvalue weighted by atomic mass is 19.1. The predicted octanol–water partition coefficient (Wildman–Crippen LogP) is 2.37. The average Bonchev–Trinajstić information content (AvgIpc) is 2.23. The summed E-state index contributed by atoms with van der Waals surface area (Å²) in [6, 6.07) is 5.47. The molecule has 0 aliphatic heterocycles. The minimum absolute atomic E-state index is 0.178. The van der Waals surface area contributed by atoms with Crippen LogP contribution in [0.5, 0.6) is 5.75 Å². The van der Waals surface area contributed by atoms with E-state index in [1.165, 1.54) is 37.5 Å². The molecule has 2 N–H and O–H groups in total. The van der Waals surface area contributed by atoms with Gasteiger partial charge in [-0.05, 0) is 12.1 Å². The maximum absolute atomic E-state index is 12.6. The first-order chi connectivity index (χ1) is 7.61. The van der Waals surface area contributed by atoms with Gasteiger partial charge in [0.15, 0.2) is 5.82 Å². The van der Waals surface area contributed by atoms with E-state index >= 15 is 0 Å². The molecule has 0 radical (unpaired) electrons. The standard InChI is InChI=1S/C6H6BFO3.C5H12/c8-5-3-1-2-4-6(5)11-7(9)10;1-3-5-4-2/h1-4,9-10H;3-5H2,1-2H3. The third-order valence-electron chi connectivity index (χ3n) is 1.78. The van der Waals surface area contributed by atoms with Gasteiger partial charge in [0.1, 0.15) is 5.75 Å². The molecule has 0 aliphatic rings. The number of benzene rings is 1. The molecule has 90 valence electrons. The summed E-state index contributed by atoms with van der Waals surface area (Å²) in [6.45, 7) is 4.42. The van der Waals surface area contributed by atoms with Gasteiger partial charge in [-0.2, -0.15) is 0 Å². The zero-order valence-electron chi connectivity index (χ0n) is 9.69. The van der Waals surface area contributed by atoms with Crippen LogP contribution in [0.4, 0.5) is 4.39 Å². The molecule has 0 fully saturated rings. The van der Waals surface area contributed by atoms with E-state index in [1.807, 2.05) is 0 Å². The molecule has 0 atom stereocenters. The van der Waals surface area contributed by atoms with Crippen molar-refractivity contribution in [3.05, 3.63) is 30.1 Å². The number of halogens is 1. The van der Waals surface area contributed by atoms with Crippen molar-refractivity contribution in [1.29, 1.82) is 0 Å². The molecule has 5 heteroatoms. The Labute approximate surface area is 96.1 Å². The van der Waals surface area contributed by atoms with Crippen LogP contribution in [0.2, 0.25) is 0 Å². The SMILES string of the molecule is CCCCC.OB(O)Oc1ccccc1F.